The van der Waals surface area contributed by atoms with Crippen LogP contribution in [-0.2, 0) is 11.2 Å². The average Bonchev–Trinajstić information content (AvgIpc) is 3.51. The fraction of sp³-hybridized carbons (Fsp3) is 0.500. The van der Waals surface area contributed by atoms with Gasteiger partial charge in [0.05, 0.1) is 24.4 Å². The number of hydrogen-bond acceptors (Lipinski definition) is 5. The van der Waals surface area contributed by atoms with Gasteiger partial charge in [-0.15, -0.1) is 0 Å². The van der Waals surface area contributed by atoms with E-state index >= 15 is 0 Å². The quantitative estimate of drug-likeness (QED) is 0.434. The van der Waals surface area contributed by atoms with Crippen molar-refractivity contribution in [3.63, 3.8) is 0 Å². The van der Waals surface area contributed by atoms with E-state index in [1.165, 1.54) is 44.1 Å². The predicted octanol–water partition coefficient (Wildman–Crippen LogP) is 6.07. The summed E-state index contributed by atoms with van der Waals surface area (Å²) in [5.74, 6) is 1.53. The van der Waals surface area contributed by atoms with Gasteiger partial charge in [-0.2, -0.15) is 0 Å². The van der Waals surface area contributed by atoms with Crippen LogP contribution >= 0.6 is 0 Å². The Balaban J connectivity index is 1.40. The minimum Gasteiger partial charge on any atom is -0.382 e. The molecular formula is C32H40N4O2. The molecule has 200 valence electrons. The van der Waals surface area contributed by atoms with E-state index in [-0.39, 0.29) is 5.91 Å². The van der Waals surface area contributed by atoms with Crippen molar-refractivity contribution >= 4 is 28.3 Å². The normalized spacial score (nSPS) is 18.8. The van der Waals surface area contributed by atoms with E-state index in [0.29, 0.717) is 19.0 Å². The molecule has 2 aliphatic heterocycles. The number of carbonyl (C=O) groups excluding carboxylic acids is 1. The molecule has 2 saturated heterocycles. The Morgan fingerprint density at radius 1 is 0.947 bits per heavy atom. The molecule has 2 aromatic carbocycles. The Labute approximate surface area is 226 Å². The number of ether oxygens (including phenoxy) is 1. The summed E-state index contributed by atoms with van der Waals surface area (Å²) in [5.41, 5.74) is 12.6. The van der Waals surface area contributed by atoms with Gasteiger partial charge < -0.3 is 20.3 Å². The van der Waals surface area contributed by atoms with Crippen LogP contribution in [0.3, 0.4) is 0 Å². The minimum atomic E-state index is 0.168. The lowest BCUT2D eigenvalue weighted by Gasteiger charge is -2.29. The Bertz CT molecular complexity index is 1290. The highest BCUT2D eigenvalue weighted by Crippen LogP contribution is 2.36. The summed E-state index contributed by atoms with van der Waals surface area (Å²) in [4.78, 5) is 22.8. The lowest BCUT2D eigenvalue weighted by Crippen LogP contribution is -2.36. The van der Waals surface area contributed by atoms with E-state index in [4.69, 9.17) is 15.5 Å². The lowest BCUT2D eigenvalue weighted by atomic mass is 9.83. The number of nitrogens with zero attached hydrogens (tertiary/aromatic N) is 3. The number of likely N-dealkylation sites (tertiary alicyclic amines) is 1. The Morgan fingerprint density at radius 3 is 2.53 bits per heavy atom. The first kappa shape index (κ1) is 25.2. The third kappa shape index (κ3) is 5.24. The van der Waals surface area contributed by atoms with E-state index in [0.717, 1.165) is 84.6 Å². The van der Waals surface area contributed by atoms with E-state index in [1.807, 2.05) is 11.0 Å². The molecule has 2 N–H and O–H groups in total. The van der Waals surface area contributed by atoms with E-state index in [1.54, 1.807) is 0 Å². The van der Waals surface area contributed by atoms with Crippen LogP contribution in [0.15, 0.2) is 42.5 Å². The molecular weight excluding hydrogens is 472 g/mol. The Hall–Kier alpha value is -3.12. The molecule has 1 saturated carbocycles. The summed E-state index contributed by atoms with van der Waals surface area (Å²) in [6, 6.07) is 14.9. The molecule has 0 bridgehead atoms. The number of benzene rings is 2. The maximum absolute atomic E-state index is 13.7. The van der Waals surface area contributed by atoms with Crippen molar-refractivity contribution in [2.75, 3.05) is 50.0 Å². The molecule has 3 heterocycles. The fourth-order valence-corrected chi connectivity index (χ4v) is 6.65. The number of hydrogen-bond donors (Lipinski definition) is 1. The molecule has 0 spiro atoms. The topological polar surface area (TPSA) is 71.7 Å². The van der Waals surface area contributed by atoms with Gasteiger partial charge in [-0.25, -0.2) is 4.98 Å². The first-order valence-corrected chi connectivity index (χ1v) is 14.6. The average molecular weight is 513 g/mol. The molecule has 6 nitrogen and oxygen atoms in total. The summed E-state index contributed by atoms with van der Waals surface area (Å²) in [5, 5.41) is 1.06. The number of aromatic nitrogens is 1. The van der Waals surface area contributed by atoms with Crippen LogP contribution in [0.1, 0.15) is 67.3 Å². The van der Waals surface area contributed by atoms with Gasteiger partial charge in [0, 0.05) is 37.1 Å². The van der Waals surface area contributed by atoms with Crippen LogP contribution in [0.4, 0.5) is 11.5 Å². The van der Waals surface area contributed by atoms with E-state index in [2.05, 4.69) is 41.3 Å². The van der Waals surface area contributed by atoms with Gasteiger partial charge in [-0.3, -0.25) is 4.79 Å². The van der Waals surface area contributed by atoms with Crippen molar-refractivity contribution in [3.05, 3.63) is 53.6 Å². The van der Waals surface area contributed by atoms with Gasteiger partial charge in [0.15, 0.2) is 0 Å². The molecule has 3 fully saturated rings. The van der Waals surface area contributed by atoms with Gasteiger partial charge in [-0.05, 0) is 72.6 Å². The second-order valence-corrected chi connectivity index (χ2v) is 11.3. The number of morpholine rings is 1. The predicted molar refractivity (Wildman–Crippen MR) is 155 cm³/mol. The summed E-state index contributed by atoms with van der Waals surface area (Å²) < 4.78 is 5.54. The van der Waals surface area contributed by atoms with Crippen LogP contribution in [0.25, 0.3) is 22.0 Å². The standard InChI is InChI=1S/C32H40N4O2/c33-31-29(35-17-19-38-20-18-35)22-26-21-25(13-14-28(26)34-31)30-24(12-11-23-7-2-1-3-8-23)9-6-10-27(30)32(37)36-15-4-5-16-36/h6,9-10,13-14,21-23H,1-5,7-8,11-12,15-20H2,(H2,33,34). The van der Waals surface area contributed by atoms with Crippen molar-refractivity contribution in [2.24, 2.45) is 5.92 Å². The van der Waals surface area contributed by atoms with Gasteiger partial charge in [0.2, 0.25) is 0 Å². The molecule has 3 aliphatic rings. The molecule has 0 atom stereocenters. The zero-order valence-electron chi connectivity index (χ0n) is 22.5. The number of pyridine rings is 1. The fourth-order valence-electron chi connectivity index (χ4n) is 6.65. The summed E-state index contributed by atoms with van der Waals surface area (Å²) in [6.45, 7) is 4.75. The SMILES string of the molecule is Nc1nc2ccc(-c3c(CCC4CCCCC4)cccc3C(=O)N3CCCC3)cc2cc1N1CCOCC1. The second-order valence-electron chi connectivity index (χ2n) is 11.3. The number of rotatable bonds is 6. The molecule has 0 unspecified atom stereocenters. The Morgan fingerprint density at radius 2 is 1.74 bits per heavy atom. The third-order valence-corrected chi connectivity index (χ3v) is 8.78. The zero-order valence-corrected chi connectivity index (χ0v) is 22.5. The molecule has 1 aromatic heterocycles. The minimum absolute atomic E-state index is 0.168. The molecule has 1 amide bonds. The van der Waals surface area contributed by atoms with Crippen LogP contribution in [-0.4, -0.2) is 55.2 Å². The van der Waals surface area contributed by atoms with Crippen molar-refractivity contribution < 1.29 is 9.53 Å². The first-order valence-electron chi connectivity index (χ1n) is 14.6. The van der Waals surface area contributed by atoms with Crippen molar-refractivity contribution in [3.8, 4) is 11.1 Å². The molecule has 0 radical (unpaired) electrons. The van der Waals surface area contributed by atoms with Crippen LogP contribution in [0.5, 0.6) is 0 Å². The van der Waals surface area contributed by atoms with Crippen LogP contribution < -0.4 is 10.6 Å². The highest BCUT2D eigenvalue weighted by Gasteiger charge is 2.25. The molecule has 6 rings (SSSR count). The van der Waals surface area contributed by atoms with Crippen LogP contribution in [0, 0.1) is 5.92 Å². The maximum atomic E-state index is 13.7. The smallest absolute Gasteiger partial charge is 0.254 e. The van der Waals surface area contributed by atoms with E-state index < -0.39 is 0 Å². The number of nitrogen functional groups attached to an aromatic ring is 1. The maximum Gasteiger partial charge on any atom is 0.254 e. The number of carbonyl (C=O) groups is 1. The van der Waals surface area contributed by atoms with Gasteiger partial charge in [-0.1, -0.05) is 50.3 Å². The van der Waals surface area contributed by atoms with Crippen LogP contribution in [0.2, 0.25) is 0 Å². The zero-order chi connectivity index (χ0) is 25.9. The summed E-state index contributed by atoms with van der Waals surface area (Å²) >= 11 is 0. The number of amides is 1. The first-order chi connectivity index (χ1) is 18.7. The third-order valence-electron chi connectivity index (χ3n) is 8.78. The largest absolute Gasteiger partial charge is 0.382 e. The summed E-state index contributed by atoms with van der Waals surface area (Å²) in [7, 11) is 0. The highest BCUT2D eigenvalue weighted by molar-refractivity contribution is 6.03. The van der Waals surface area contributed by atoms with Gasteiger partial charge in [0.25, 0.3) is 5.91 Å². The lowest BCUT2D eigenvalue weighted by molar-refractivity contribution is 0.0793. The number of nitrogens with two attached hydrogens (primary N) is 1. The number of fused-ring (bicyclic) bond motifs is 1. The molecule has 38 heavy (non-hydrogen) atoms. The summed E-state index contributed by atoms with van der Waals surface area (Å²) in [6.07, 6.45) is 11.2. The molecule has 3 aromatic rings. The second kappa shape index (κ2) is 11.3. The Kier molecular flexibility index (Phi) is 7.50. The number of aryl methyl sites for hydroxylation is 1. The van der Waals surface area contributed by atoms with Gasteiger partial charge in [0.1, 0.15) is 5.82 Å². The van der Waals surface area contributed by atoms with E-state index in [9.17, 15) is 4.79 Å². The highest BCUT2D eigenvalue weighted by atomic mass is 16.5. The van der Waals surface area contributed by atoms with Crippen molar-refractivity contribution in [2.45, 2.75) is 57.8 Å². The molecule has 1 aliphatic carbocycles. The van der Waals surface area contributed by atoms with Gasteiger partial charge >= 0.3 is 0 Å². The van der Waals surface area contributed by atoms with Crippen molar-refractivity contribution in [1.82, 2.24) is 9.88 Å². The molecule has 6 heteroatoms. The monoisotopic (exact) mass is 512 g/mol. The van der Waals surface area contributed by atoms with Crippen molar-refractivity contribution in [1.29, 1.82) is 0 Å². The number of anilines is 2.